The van der Waals surface area contributed by atoms with Gasteiger partial charge in [-0.3, -0.25) is 4.79 Å². The van der Waals surface area contributed by atoms with Gasteiger partial charge in [0.05, 0.1) is 13.8 Å². The van der Waals surface area contributed by atoms with E-state index in [-0.39, 0.29) is 12.3 Å². The first kappa shape index (κ1) is 19.8. The summed E-state index contributed by atoms with van der Waals surface area (Å²) in [5.41, 5.74) is 1.91. The summed E-state index contributed by atoms with van der Waals surface area (Å²) in [4.78, 5) is 13.6. The van der Waals surface area contributed by atoms with Crippen molar-refractivity contribution in [2.24, 2.45) is 0 Å². The topological polar surface area (TPSA) is 34.0 Å². The van der Waals surface area contributed by atoms with E-state index in [1.54, 1.807) is 11.3 Å². The summed E-state index contributed by atoms with van der Waals surface area (Å²) in [6.07, 6.45) is 2.31. The molecule has 2 aromatic heterocycles. The van der Waals surface area contributed by atoms with Crippen molar-refractivity contribution in [3.8, 4) is 0 Å². The Labute approximate surface area is 180 Å². The lowest BCUT2D eigenvalue weighted by Crippen LogP contribution is -2.25. The SMILES string of the molecule is CC(C)n1cc(CC(=O)NCc2ccc(Cl)cc2)c(=S)c2cc(I)sc21. The average molecular weight is 517 g/mol. The largest absolute Gasteiger partial charge is 0.352 e. The van der Waals surface area contributed by atoms with E-state index in [0.717, 1.165) is 21.0 Å². The van der Waals surface area contributed by atoms with Crippen LogP contribution in [0.25, 0.3) is 10.2 Å². The molecule has 136 valence electrons. The van der Waals surface area contributed by atoms with Crippen molar-refractivity contribution < 1.29 is 4.79 Å². The van der Waals surface area contributed by atoms with Gasteiger partial charge >= 0.3 is 0 Å². The molecule has 26 heavy (non-hydrogen) atoms. The zero-order valence-corrected chi connectivity index (χ0v) is 18.9. The molecule has 0 bridgehead atoms. The molecule has 3 rings (SSSR count). The number of fused-ring (bicyclic) bond motifs is 1. The molecule has 7 heteroatoms. The number of pyridine rings is 1. The van der Waals surface area contributed by atoms with Crippen LogP contribution in [0.2, 0.25) is 5.02 Å². The van der Waals surface area contributed by atoms with Crippen molar-refractivity contribution in [2.45, 2.75) is 32.9 Å². The molecule has 1 amide bonds. The molecule has 0 radical (unpaired) electrons. The van der Waals surface area contributed by atoms with Crippen molar-refractivity contribution in [3.63, 3.8) is 0 Å². The summed E-state index contributed by atoms with van der Waals surface area (Å²) in [6, 6.07) is 9.87. The molecule has 0 unspecified atom stereocenters. The van der Waals surface area contributed by atoms with Gasteiger partial charge in [-0.1, -0.05) is 36.0 Å². The molecular weight excluding hydrogens is 499 g/mol. The molecule has 0 aliphatic rings. The molecule has 1 N–H and O–H groups in total. The molecule has 0 spiro atoms. The first-order valence-corrected chi connectivity index (χ1v) is 10.9. The Balaban J connectivity index is 1.81. The Morgan fingerprint density at radius 3 is 2.69 bits per heavy atom. The van der Waals surface area contributed by atoms with Crippen LogP contribution < -0.4 is 5.32 Å². The maximum absolute atomic E-state index is 12.4. The van der Waals surface area contributed by atoms with Gasteiger partial charge in [-0.2, -0.15) is 0 Å². The van der Waals surface area contributed by atoms with E-state index in [9.17, 15) is 4.79 Å². The van der Waals surface area contributed by atoms with Gasteiger partial charge in [0.25, 0.3) is 0 Å². The minimum absolute atomic E-state index is 0.0365. The quantitative estimate of drug-likeness (QED) is 0.327. The third-order valence-electron chi connectivity index (χ3n) is 4.06. The van der Waals surface area contributed by atoms with Crippen molar-refractivity contribution >= 4 is 73.9 Å². The number of rotatable bonds is 5. The smallest absolute Gasteiger partial charge is 0.224 e. The molecular formula is C19H18ClIN2OS2. The van der Waals surface area contributed by atoms with Crippen LogP contribution in [0.1, 0.15) is 31.0 Å². The molecule has 0 saturated carbocycles. The van der Waals surface area contributed by atoms with Gasteiger partial charge in [-0.15, -0.1) is 11.3 Å². The second-order valence-electron chi connectivity index (χ2n) is 6.33. The van der Waals surface area contributed by atoms with Crippen LogP contribution in [-0.2, 0) is 17.8 Å². The summed E-state index contributed by atoms with van der Waals surface area (Å²) < 4.78 is 4.18. The van der Waals surface area contributed by atoms with Crippen LogP contribution >= 0.6 is 57.7 Å². The van der Waals surface area contributed by atoms with Crippen LogP contribution in [0.5, 0.6) is 0 Å². The fourth-order valence-corrected chi connectivity index (χ4v) is 5.12. The number of hydrogen-bond donors (Lipinski definition) is 1. The van der Waals surface area contributed by atoms with Gasteiger partial charge < -0.3 is 9.88 Å². The molecule has 0 atom stereocenters. The summed E-state index contributed by atoms with van der Waals surface area (Å²) in [5.74, 6) is -0.0365. The zero-order valence-electron chi connectivity index (χ0n) is 14.4. The maximum Gasteiger partial charge on any atom is 0.224 e. The second kappa shape index (κ2) is 8.37. The number of nitrogens with zero attached hydrogens (tertiary/aromatic N) is 1. The average Bonchev–Trinajstić information content (AvgIpc) is 2.98. The van der Waals surface area contributed by atoms with E-state index in [2.05, 4.69) is 52.4 Å². The third kappa shape index (κ3) is 4.47. The zero-order chi connectivity index (χ0) is 18.8. The van der Waals surface area contributed by atoms with Crippen LogP contribution in [0.15, 0.2) is 36.5 Å². The standard InChI is InChI=1S/C19H18ClIN2OS2/c1-11(2)23-10-13(18(25)15-8-16(21)26-19(15)23)7-17(24)22-9-12-3-5-14(20)6-4-12/h3-6,8,10-11H,7,9H2,1-2H3,(H,22,24). The number of aromatic nitrogens is 1. The summed E-state index contributed by atoms with van der Waals surface area (Å²) in [7, 11) is 0. The molecule has 0 aliphatic carbocycles. The Bertz CT molecular complexity index is 1010. The number of carbonyl (C=O) groups excluding carboxylic acids is 1. The normalized spacial score (nSPS) is 11.3. The van der Waals surface area contributed by atoms with Crippen molar-refractivity contribution in [3.05, 3.63) is 60.1 Å². The highest BCUT2D eigenvalue weighted by atomic mass is 127. The lowest BCUT2D eigenvalue weighted by atomic mass is 10.1. The first-order valence-electron chi connectivity index (χ1n) is 8.19. The number of thiophene rings is 1. The summed E-state index contributed by atoms with van der Waals surface area (Å²) >= 11 is 15.6. The van der Waals surface area contributed by atoms with Crippen molar-refractivity contribution in [1.29, 1.82) is 0 Å². The number of halogens is 2. The fraction of sp³-hybridized carbons (Fsp3) is 0.263. The third-order valence-corrected chi connectivity index (χ3v) is 6.70. The van der Waals surface area contributed by atoms with Gasteiger partial charge in [0, 0.05) is 29.2 Å². The van der Waals surface area contributed by atoms with Gasteiger partial charge in [0.15, 0.2) is 0 Å². The predicted octanol–water partition coefficient (Wildman–Crippen LogP) is 6.13. The number of carbonyl (C=O) groups is 1. The monoisotopic (exact) mass is 516 g/mol. The predicted molar refractivity (Wildman–Crippen MR) is 121 cm³/mol. The minimum atomic E-state index is -0.0365. The van der Waals surface area contributed by atoms with Gasteiger partial charge in [0.1, 0.15) is 4.83 Å². The minimum Gasteiger partial charge on any atom is -0.352 e. The Morgan fingerprint density at radius 1 is 1.35 bits per heavy atom. The summed E-state index contributed by atoms with van der Waals surface area (Å²) in [6.45, 7) is 4.75. The maximum atomic E-state index is 12.4. The molecule has 3 nitrogen and oxygen atoms in total. The number of nitrogens with one attached hydrogen (secondary N) is 1. The van der Waals surface area contributed by atoms with Gasteiger partial charge in [0.2, 0.25) is 5.91 Å². The molecule has 0 fully saturated rings. The molecule has 0 aliphatic heterocycles. The highest BCUT2D eigenvalue weighted by Gasteiger charge is 2.14. The lowest BCUT2D eigenvalue weighted by molar-refractivity contribution is -0.120. The Kier molecular flexibility index (Phi) is 6.37. The first-order chi connectivity index (χ1) is 12.3. The fourth-order valence-electron chi connectivity index (χ4n) is 2.71. The van der Waals surface area contributed by atoms with Crippen LogP contribution in [0.3, 0.4) is 0 Å². The van der Waals surface area contributed by atoms with E-state index in [4.69, 9.17) is 23.8 Å². The van der Waals surface area contributed by atoms with E-state index in [0.29, 0.717) is 17.6 Å². The van der Waals surface area contributed by atoms with E-state index in [1.807, 2.05) is 30.5 Å². The van der Waals surface area contributed by atoms with Crippen LogP contribution in [0, 0.1) is 7.39 Å². The van der Waals surface area contributed by atoms with E-state index < -0.39 is 0 Å². The second-order valence-corrected chi connectivity index (χ2v) is 10.1. The Morgan fingerprint density at radius 2 is 2.04 bits per heavy atom. The highest BCUT2D eigenvalue weighted by Crippen LogP contribution is 2.31. The molecule has 0 saturated heterocycles. The van der Waals surface area contributed by atoms with Gasteiger partial charge in [-0.25, -0.2) is 0 Å². The van der Waals surface area contributed by atoms with Crippen molar-refractivity contribution in [1.82, 2.24) is 9.88 Å². The molecule has 1 aromatic carbocycles. The highest BCUT2D eigenvalue weighted by molar-refractivity contribution is 14.1. The number of hydrogen-bond acceptors (Lipinski definition) is 3. The van der Waals surface area contributed by atoms with Gasteiger partial charge in [-0.05, 0) is 65.8 Å². The number of amides is 1. The van der Waals surface area contributed by atoms with Crippen LogP contribution in [0.4, 0.5) is 0 Å². The van der Waals surface area contributed by atoms with Crippen LogP contribution in [-0.4, -0.2) is 10.5 Å². The number of benzene rings is 1. The lowest BCUT2D eigenvalue weighted by Gasteiger charge is -2.15. The van der Waals surface area contributed by atoms with E-state index >= 15 is 0 Å². The molecule has 2 heterocycles. The molecule has 3 aromatic rings. The van der Waals surface area contributed by atoms with Crippen molar-refractivity contribution in [2.75, 3.05) is 0 Å². The van der Waals surface area contributed by atoms with E-state index in [1.165, 1.54) is 7.71 Å². The Hall–Kier alpha value is -0.960. The summed E-state index contributed by atoms with van der Waals surface area (Å²) in [5, 5.41) is 4.71.